The second-order valence-electron chi connectivity index (χ2n) is 3.06. The molecule has 4 nitrogen and oxygen atoms in total. The summed E-state index contributed by atoms with van der Waals surface area (Å²) in [6.07, 6.45) is 3.94. The molecule has 0 amide bonds. The highest BCUT2D eigenvalue weighted by molar-refractivity contribution is 6.32. The maximum absolute atomic E-state index is 7.18. The van der Waals surface area contributed by atoms with Crippen LogP contribution in [0.2, 0.25) is 5.15 Å². The number of nitrogens with two attached hydrogens (primary N) is 1. The zero-order chi connectivity index (χ0) is 10.1. The third-order valence-corrected chi connectivity index (χ3v) is 2.24. The van der Waals surface area contributed by atoms with Crippen LogP contribution in [0.3, 0.4) is 0 Å². The minimum Gasteiger partial charge on any atom is -0.387 e. The van der Waals surface area contributed by atoms with Crippen LogP contribution in [0.25, 0.3) is 5.52 Å². The van der Waals surface area contributed by atoms with Crippen LogP contribution in [0.5, 0.6) is 0 Å². The van der Waals surface area contributed by atoms with Crippen molar-refractivity contribution in [3.8, 4) is 0 Å². The number of imidazole rings is 1. The molecule has 0 spiro atoms. The normalized spacial score (nSPS) is 10.6. The number of fused-ring (bicyclic) bond motifs is 1. The molecule has 0 fully saturated rings. The summed E-state index contributed by atoms with van der Waals surface area (Å²) in [5.74, 6) is 0.144. The first-order valence-electron chi connectivity index (χ1n) is 4.11. The summed E-state index contributed by atoms with van der Waals surface area (Å²) in [5.41, 5.74) is 7.11. The summed E-state index contributed by atoms with van der Waals surface area (Å²) in [4.78, 5) is 3.96. The molecule has 0 saturated heterocycles. The van der Waals surface area contributed by atoms with Gasteiger partial charge in [-0.05, 0) is 17.7 Å². The summed E-state index contributed by atoms with van der Waals surface area (Å²) < 4.78 is 1.83. The molecule has 2 aromatic heterocycles. The van der Waals surface area contributed by atoms with E-state index in [4.69, 9.17) is 22.7 Å². The van der Waals surface area contributed by atoms with E-state index in [0.717, 1.165) is 11.1 Å². The first-order valence-corrected chi connectivity index (χ1v) is 4.48. The van der Waals surface area contributed by atoms with Crippen molar-refractivity contribution in [1.82, 2.24) is 9.38 Å². The molecule has 2 rings (SSSR count). The highest BCUT2D eigenvalue weighted by atomic mass is 35.5. The number of halogens is 1. The Kier molecular flexibility index (Phi) is 2.13. The molecule has 0 aliphatic carbocycles. The minimum absolute atomic E-state index is 0.144. The molecule has 14 heavy (non-hydrogen) atoms. The van der Waals surface area contributed by atoms with E-state index in [9.17, 15) is 0 Å². The van der Waals surface area contributed by atoms with E-state index in [0.29, 0.717) is 11.6 Å². The Morgan fingerprint density at radius 3 is 3.14 bits per heavy atom. The van der Waals surface area contributed by atoms with Gasteiger partial charge in [-0.25, -0.2) is 4.98 Å². The fraction of sp³-hybridized carbons (Fsp3) is 0.111. The number of hydrogen-bond acceptors (Lipinski definition) is 2. The van der Waals surface area contributed by atoms with E-state index >= 15 is 0 Å². The summed E-state index contributed by atoms with van der Waals surface area (Å²) in [6, 6.07) is 3.78. The molecule has 0 unspecified atom stereocenters. The van der Waals surface area contributed by atoms with E-state index in [-0.39, 0.29) is 5.84 Å². The Bertz CT molecular complexity index is 489. The summed E-state index contributed by atoms with van der Waals surface area (Å²) >= 11 is 5.86. The highest BCUT2D eigenvalue weighted by Crippen LogP contribution is 2.16. The molecule has 0 radical (unpaired) electrons. The van der Waals surface area contributed by atoms with Gasteiger partial charge in [0, 0.05) is 12.6 Å². The molecule has 0 aliphatic rings. The maximum atomic E-state index is 7.18. The van der Waals surface area contributed by atoms with Gasteiger partial charge in [-0.15, -0.1) is 0 Å². The molecule has 3 N–H and O–H groups in total. The fourth-order valence-corrected chi connectivity index (χ4v) is 1.53. The lowest BCUT2D eigenvalue weighted by atomic mass is 10.2. The van der Waals surface area contributed by atoms with Gasteiger partial charge in [0.1, 0.15) is 6.33 Å². The Labute approximate surface area is 85.8 Å². The predicted molar refractivity (Wildman–Crippen MR) is 55.8 cm³/mol. The van der Waals surface area contributed by atoms with Crippen molar-refractivity contribution in [3.63, 3.8) is 0 Å². The van der Waals surface area contributed by atoms with Crippen molar-refractivity contribution in [3.05, 3.63) is 35.4 Å². The van der Waals surface area contributed by atoms with Crippen LogP contribution in [0.4, 0.5) is 0 Å². The minimum atomic E-state index is 0.144. The van der Waals surface area contributed by atoms with E-state index < -0.39 is 0 Å². The second kappa shape index (κ2) is 3.31. The molecule has 0 bridgehead atoms. The Hall–Kier alpha value is -1.55. The molecule has 2 aromatic rings. The molecular weight excluding hydrogens is 200 g/mol. The zero-order valence-electron chi connectivity index (χ0n) is 7.37. The number of pyridine rings is 1. The summed E-state index contributed by atoms with van der Waals surface area (Å²) in [5, 5.41) is 7.65. The molecule has 5 heteroatoms. The maximum Gasteiger partial charge on any atom is 0.154 e. The van der Waals surface area contributed by atoms with Crippen molar-refractivity contribution in [2.24, 2.45) is 5.73 Å². The lowest BCUT2D eigenvalue weighted by Gasteiger charge is -2.00. The van der Waals surface area contributed by atoms with Crippen LogP contribution in [0, 0.1) is 5.41 Å². The van der Waals surface area contributed by atoms with Crippen LogP contribution in [-0.4, -0.2) is 15.2 Å². The average Bonchev–Trinajstić information content (AvgIpc) is 2.47. The smallest absolute Gasteiger partial charge is 0.154 e. The molecular formula is C9H9ClN4. The van der Waals surface area contributed by atoms with Crippen molar-refractivity contribution in [2.75, 3.05) is 0 Å². The highest BCUT2D eigenvalue weighted by Gasteiger charge is 2.02. The third kappa shape index (κ3) is 1.56. The topological polar surface area (TPSA) is 67.2 Å². The summed E-state index contributed by atoms with van der Waals surface area (Å²) in [7, 11) is 0. The number of rotatable bonds is 2. The van der Waals surface area contributed by atoms with Crippen molar-refractivity contribution in [2.45, 2.75) is 6.42 Å². The van der Waals surface area contributed by atoms with Crippen LogP contribution in [0.15, 0.2) is 24.7 Å². The fourth-order valence-electron chi connectivity index (χ4n) is 1.33. The van der Waals surface area contributed by atoms with Gasteiger partial charge < -0.3 is 10.1 Å². The van der Waals surface area contributed by atoms with Crippen molar-refractivity contribution >= 4 is 23.0 Å². The van der Waals surface area contributed by atoms with Gasteiger partial charge in [0.05, 0.1) is 11.4 Å². The van der Waals surface area contributed by atoms with Gasteiger partial charge >= 0.3 is 0 Å². The quantitative estimate of drug-likeness (QED) is 0.580. The van der Waals surface area contributed by atoms with E-state index in [1.54, 1.807) is 6.33 Å². The molecule has 0 atom stereocenters. The largest absolute Gasteiger partial charge is 0.387 e. The number of aromatic nitrogens is 2. The van der Waals surface area contributed by atoms with E-state index in [1.807, 2.05) is 22.7 Å². The first-order chi connectivity index (χ1) is 6.66. The Balaban J connectivity index is 2.49. The monoisotopic (exact) mass is 208 g/mol. The van der Waals surface area contributed by atoms with Crippen LogP contribution < -0.4 is 5.73 Å². The van der Waals surface area contributed by atoms with Crippen LogP contribution in [0.1, 0.15) is 5.56 Å². The molecule has 72 valence electrons. The van der Waals surface area contributed by atoms with Gasteiger partial charge in [-0.1, -0.05) is 11.6 Å². The van der Waals surface area contributed by atoms with Crippen molar-refractivity contribution < 1.29 is 0 Å². The molecule has 0 saturated carbocycles. The SMILES string of the molecule is N=C(N)Cc1ccn2cnc(Cl)c2c1. The lowest BCUT2D eigenvalue weighted by molar-refractivity contribution is 1.13. The third-order valence-electron chi connectivity index (χ3n) is 1.95. The van der Waals surface area contributed by atoms with Crippen molar-refractivity contribution in [1.29, 1.82) is 5.41 Å². The van der Waals surface area contributed by atoms with Gasteiger partial charge in [0.2, 0.25) is 0 Å². The van der Waals surface area contributed by atoms with Crippen LogP contribution >= 0.6 is 11.6 Å². The second-order valence-corrected chi connectivity index (χ2v) is 3.42. The number of hydrogen-bond donors (Lipinski definition) is 2. The lowest BCUT2D eigenvalue weighted by Crippen LogP contribution is -2.12. The Morgan fingerprint density at radius 2 is 2.43 bits per heavy atom. The average molecular weight is 209 g/mol. The van der Waals surface area contributed by atoms with E-state index in [1.165, 1.54) is 0 Å². The van der Waals surface area contributed by atoms with Gasteiger partial charge in [-0.3, -0.25) is 5.41 Å². The summed E-state index contributed by atoms with van der Waals surface area (Å²) in [6.45, 7) is 0. The molecule has 0 aromatic carbocycles. The van der Waals surface area contributed by atoms with Gasteiger partial charge in [0.15, 0.2) is 5.15 Å². The molecule has 0 aliphatic heterocycles. The molecule has 2 heterocycles. The van der Waals surface area contributed by atoms with Crippen LogP contribution in [-0.2, 0) is 6.42 Å². The number of nitrogens with one attached hydrogen (secondary N) is 1. The zero-order valence-corrected chi connectivity index (χ0v) is 8.12. The van der Waals surface area contributed by atoms with E-state index in [2.05, 4.69) is 4.98 Å². The number of nitrogens with zero attached hydrogens (tertiary/aromatic N) is 2. The standard InChI is InChI=1S/C9H9ClN4/c10-9-7-3-6(4-8(11)12)1-2-14(7)5-13-9/h1-3,5H,4H2,(H3,11,12). The van der Waals surface area contributed by atoms with Gasteiger partial charge in [-0.2, -0.15) is 0 Å². The Morgan fingerprint density at radius 1 is 1.64 bits per heavy atom. The predicted octanol–water partition coefficient (Wildman–Crippen LogP) is 1.47. The number of amidine groups is 1. The van der Waals surface area contributed by atoms with Gasteiger partial charge in [0.25, 0.3) is 0 Å². The first kappa shape index (κ1) is 9.02.